The number of benzene rings is 1. The van der Waals surface area contributed by atoms with Crippen LogP contribution < -0.4 is 0 Å². The Kier molecular flexibility index (Phi) is 4.15. The number of morpholine rings is 1. The fourth-order valence-electron chi connectivity index (χ4n) is 2.20. The quantitative estimate of drug-likeness (QED) is 0.826. The maximum Gasteiger partial charge on any atom is 0.254 e. The summed E-state index contributed by atoms with van der Waals surface area (Å²) in [6, 6.07) is 6.08. The Labute approximate surface area is 119 Å². The number of carbonyl (C=O) groups is 1. The Hall–Kier alpha value is -1.40. The number of carbonyl (C=O) groups excluding carboxylic acids is 1. The number of rotatable bonds is 2. The summed E-state index contributed by atoms with van der Waals surface area (Å²) in [5, 5.41) is 0. The highest BCUT2D eigenvalue weighted by Crippen LogP contribution is 2.17. The summed E-state index contributed by atoms with van der Waals surface area (Å²) >= 11 is 0. The topological polar surface area (TPSA) is 63.7 Å². The van der Waals surface area contributed by atoms with Crippen molar-refractivity contribution >= 4 is 15.7 Å². The Morgan fingerprint density at radius 1 is 1.25 bits per heavy atom. The van der Waals surface area contributed by atoms with E-state index in [1.54, 1.807) is 17.0 Å². The first-order valence-electron chi connectivity index (χ1n) is 6.51. The third-order valence-corrected chi connectivity index (χ3v) is 4.53. The van der Waals surface area contributed by atoms with E-state index in [0.29, 0.717) is 18.7 Å². The van der Waals surface area contributed by atoms with Crippen LogP contribution in [0.25, 0.3) is 0 Å². The van der Waals surface area contributed by atoms with Crippen LogP contribution in [0.1, 0.15) is 24.2 Å². The van der Waals surface area contributed by atoms with Crippen molar-refractivity contribution in [1.82, 2.24) is 4.90 Å². The van der Waals surface area contributed by atoms with E-state index in [0.717, 1.165) is 6.26 Å². The van der Waals surface area contributed by atoms with E-state index < -0.39 is 9.84 Å². The normalized spacial score (nSPS) is 23.6. The monoisotopic (exact) mass is 297 g/mol. The molecule has 0 aromatic heterocycles. The van der Waals surface area contributed by atoms with Crippen LogP contribution in [0, 0.1) is 0 Å². The van der Waals surface area contributed by atoms with Crippen LogP contribution in [-0.4, -0.2) is 50.8 Å². The number of sulfone groups is 1. The third kappa shape index (κ3) is 3.19. The lowest BCUT2D eigenvalue weighted by Gasteiger charge is -2.36. The van der Waals surface area contributed by atoms with Gasteiger partial charge in [0, 0.05) is 18.4 Å². The van der Waals surface area contributed by atoms with Gasteiger partial charge in [-0.25, -0.2) is 8.42 Å². The number of hydrogen-bond donors (Lipinski definition) is 0. The molecule has 1 aliphatic heterocycles. The van der Waals surface area contributed by atoms with E-state index in [2.05, 4.69) is 0 Å². The fraction of sp³-hybridized carbons (Fsp3) is 0.500. The van der Waals surface area contributed by atoms with Crippen molar-refractivity contribution in [3.05, 3.63) is 29.8 Å². The summed E-state index contributed by atoms with van der Waals surface area (Å²) in [5.41, 5.74) is 0.498. The average Bonchev–Trinajstić information content (AvgIpc) is 2.40. The van der Waals surface area contributed by atoms with Gasteiger partial charge >= 0.3 is 0 Å². The molecule has 2 atom stereocenters. The molecular formula is C14H19NO4S. The predicted molar refractivity (Wildman–Crippen MR) is 75.5 cm³/mol. The van der Waals surface area contributed by atoms with E-state index in [9.17, 15) is 13.2 Å². The van der Waals surface area contributed by atoms with Crippen LogP contribution in [0.2, 0.25) is 0 Å². The van der Waals surface area contributed by atoms with Crippen LogP contribution in [0.5, 0.6) is 0 Å². The summed E-state index contributed by atoms with van der Waals surface area (Å²) in [5.74, 6) is -0.0901. The van der Waals surface area contributed by atoms with Gasteiger partial charge in [-0.05, 0) is 38.1 Å². The molecular weight excluding hydrogens is 278 g/mol. The molecule has 0 radical (unpaired) electrons. The molecule has 2 rings (SSSR count). The molecule has 0 aliphatic carbocycles. The zero-order valence-electron chi connectivity index (χ0n) is 11.9. The highest BCUT2D eigenvalue weighted by molar-refractivity contribution is 7.90. The van der Waals surface area contributed by atoms with Crippen molar-refractivity contribution in [3.8, 4) is 0 Å². The minimum absolute atomic E-state index is 0.0189. The Morgan fingerprint density at radius 2 is 1.85 bits per heavy atom. The van der Waals surface area contributed by atoms with Crippen LogP contribution in [0.3, 0.4) is 0 Å². The van der Waals surface area contributed by atoms with Gasteiger partial charge in [-0.15, -0.1) is 0 Å². The summed E-state index contributed by atoms with van der Waals surface area (Å²) < 4.78 is 28.3. The smallest absolute Gasteiger partial charge is 0.254 e. The summed E-state index contributed by atoms with van der Waals surface area (Å²) in [4.78, 5) is 14.4. The minimum Gasteiger partial charge on any atom is -0.375 e. The Balaban J connectivity index is 2.21. The minimum atomic E-state index is -3.23. The second kappa shape index (κ2) is 5.54. The van der Waals surface area contributed by atoms with Gasteiger partial charge in [0.2, 0.25) is 0 Å². The third-order valence-electron chi connectivity index (χ3n) is 3.40. The van der Waals surface area contributed by atoms with E-state index in [1.165, 1.54) is 12.1 Å². The zero-order valence-corrected chi connectivity index (χ0v) is 12.7. The molecule has 1 saturated heterocycles. The Bertz CT molecular complexity index is 594. The first kappa shape index (κ1) is 15.0. The molecule has 110 valence electrons. The van der Waals surface area contributed by atoms with Crippen molar-refractivity contribution in [2.45, 2.75) is 30.9 Å². The maximum absolute atomic E-state index is 12.4. The summed E-state index contributed by atoms with van der Waals surface area (Å²) in [7, 11) is -3.23. The molecule has 1 amide bonds. The molecule has 0 spiro atoms. The molecule has 6 heteroatoms. The standard InChI is InChI=1S/C14H19NO4S/c1-10-9-19-11(2)8-15(10)14(16)12-4-6-13(7-5-12)20(3,17)18/h4-7,10-11H,8-9H2,1-3H3/t10-,11-/m0/s1. The molecule has 5 nitrogen and oxygen atoms in total. The zero-order chi connectivity index (χ0) is 14.9. The lowest BCUT2D eigenvalue weighted by atomic mass is 10.1. The van der Waals surface area contributed by atoms with E-state index in [1.807, 2.05) is 13.8 Å². The lowest BCUT2D eigenvalue weighted by molar-refractivity contribution is -0.0387. The molecule has 1 heterocycles. The molecule has 0 saturated carbocycles. The first-order valence-corrected chi connectivity index (χ1v) is 8.41. The van der Waals surface area contributed by atoms with Gasteiger partial charge in [-0.2, -0.15) is 0 Å². The highest BCUT2D eigenvalue weighted by atomic mass is 32.2. The van der Waals surface area contributed by atoms with Crippen LogP contribution in [0.4, 0.5) is 0 Å². The number of nitrogens with zero attached hydrogens (tertiary/aromatic N) is 1. The number of ether oxygens (including phenoxy) is 1. The predicted octanol–water partition coefficient (Wildman–Crippen LogP) is 1.34. The van der Waals surface area contributed by atoms with Crippen LogP contribution >= 0.6 is 0 Å². The van der Waals surface area contributed by atoms with E-state index in [-0.39, 0.29) is 22.9 Å². The van der Waals surface area contributed by atoms with Gasteiger partial charge < -0.3 is 9.64 Å². The molecule has 0 N–H and O–H groups in total. The van der Waals surface area contributed by atoms with Crippen molar-refractivity contribution in [3.63, 3.8) is 0 Å². The molecule has 1 fully saturated rings. The number of hydrogen-bond acceptors (Lipinski definition) is 4. The summed E-state index contributed by atoms with van der Waals surface area (Å²) in [6.07, 6.45) is 1.17. The van der Waals surface area contributed by atoms with Gasteiger partial charge in [0.1, 0.15) is 0 Å². The van der Waals surface area contributed by atoms with Crippen LogP contribution in [0.15, 0.2) is 29.2 Å². The first-order chi connectivity index (χ1) is 9.29. The van der Waals surface area contributed by atoms with Crippen molar-refractivity contribution in [2.75, 3.05) is 19.4 Å². The van der Waals surface area contributed by atoms with Gasteiger partial charge in [-0.1, -0.05) is 0 Å². The summed E-state index contributed by atoms with van der Waals surface area (Å²) in [6.45, 7) is 4.94. The fourth-order valence-corrected chi connectivity index (χ4v) is 2.83. The Morgan fingerprint density at radius 3 is 2.40 bits per heavy atom. The largest absolute Gasteiger partial charge is 0.375 e. The number of amides is 1. The second-order valence-electron chi connectivity index (χ2n) is 5.25. The van der Waals surface area contributed by atoms with Gasteiger partial charge in [0.25, 0.3) is 5.91 Å². The lowest BCUT2D eigenvalue weighted by Crippen LogP contribution is -2.50. The van der Waals surface area contributed by atoms with E-state index in [4.69, 9.17) is 4.74 Å². The van der Waals surface area contributed by atoms with Gasteiger partial charge in [-0.3, -0.25) is 4.79 Å². The van der Waals surface area contributed by atoms with Crippen LogP contribution in [-0.2, 0) is 14.6 Å². The average molecular weight is 297 g/mol. The molecule has 20 heavy (non-hydrogen) atoms. The van der Waals surface area contributed by atoms with Gasteiger partial charge in [0.05, 0.1) is 23.6 Å². The molecule has 1 aromatic rings. The highest BCUT2D eigenvalue weighted by Gasteiger charge is 2.28. The SMILES string of the molecule is C[C@H]1CN(C(=O)c2ccc(S(C)(=O)=O)cc2)[C@@H](C)CO1. The van der Waals surface area contributed by atoms with Gasteiger partial charge in [0.15, 0.2) is 9.84 Å². The molecule has 1 aromatic carbocycles. The molecule has 0 bridgehead atoms. The maximum atomic E-state index is 12.4. The van der Waals surface area contributed by atoms with Crippen molar-refractivity contribution in [2.24, 2.45) is 0 Å². The van der Waals surface area contributed by atoms with E-state index >= 15 is 0 Å². The second-order valence-corrected chi connectivity index (χ2v) is 7.26. The molecule has 0 unspecified atom stereocenters. The van der Waals surface area contributed by atoms with Crippen molar-refractivity contribution < 1.29 is 17.9 Å². The van der Waals surface area contributed by atoms with Crippen molar-refractivity contribution in [1.29, 1.82) is 0 Å². The molecule has 1 aliphatic rings.